The van der Waals surface area contributed by atoms with Crippen molar-refractivity contribution in [1.29, 1.82) is 0 Å². The summed E-state index contributed by atoms with van der Waals surface area (Å²) in [4.78, 5) is 0. The van der Waals surface area contributed by atoms with Crippen LogP contribution in [0.4, 0.5) is 0 Å². The van der Waals surface area contributed by atoms with Gasteiger partial charge in [0.15, 0.2) is 0 Å². The molecule has 0 amide bonds. The third-order valence-electron chi connectivity index (χ3n) is 8.65. The van der Waals surface area contributed by atoms with Gasteiger partial charge in [-0.1, -0.05) is 86.1 Å². The molecule has 0 unspecified atom stereocenters. The van der Waals surface area contributed by atoms with E-state index in [0.29, 0.717) is 0 Å². The predicted octanol–water partition coefficient (Wildman–Crippen LogP) is 5.41. The maximum Gasteiger partial charge on any atom is -1.00 e. The monoisotopic (exact) mass is 738 g/mol. The van der Waals surface area contributed by atoms with E-state index in [-0.39, 0.29) is 35.6 Å². The predicted molar refractivity (Wildman–Crippen MR) is 193 cm³/mol. The Hall–Kier alpha value is -2.44. The molecule has 5 aromatic rings. The van der Waals surface area contributed by atoms with Crippen molar-refractivity contribution in [2.75, 3.05) is 0 Å². The first-order chi connectivity index (χ1) is 21.0. The van der Waals surface area contributed by atoms with E-state index >= 15 is 0 Å². The zero-order valence-corrected chi connectivity index (χ0v) is 34.1. The topological polar surface area (TPSA) is 0 Å². The van der Waals surface area contributed by atoms with Crippen molar-refractivity contribution in [3.8, 4) is 11.1 Å². The molecule has 47 heavy (non-hydrogen) atoms. The van der Waals surface area contributed by atoms with Crippen molar-refractivity contribution in [2.45, 2.75) is 93.4 Å². The van der Waals surface area contributed by atoms with E-state index < -0.39 is 0 Å². The zero-order valence-electron chi connectivity index (χ0n) is 30.1. The van der Waals surface area contributed by atoms with Crippen LogP contribution in [-0.2, 0) is 41.5 Å². The summed E-state index contributed by atoms with van der Waals surface area (Å²) in [6.45, 7) is 24.3. The molecular weight excluding hydrogens is 691 g/mol. The van der Waals surface area contributed by atoms with Crippen LogP contribution in [0.2, 0.25) is 0 Å². The van der Waals surface area contributed by atoms with Crippen LogP contribution in [0.1, 0.15) is 103 Å². The molecule has 0 nitrogen and oxygen atoms in total. The molecule has 1 aliphatic rings. The van der Waals surface area contributed by atoms with E-state index in [1.54, 1.807) is 0 Å². The van der Waals surface area contributed by atoms with Crippen molar-refractivity contribution in [3.05, 3.63) is 158 Å². The minimum atomic E-state index is 0. The maximum atomic E-state index is 3.67. The second-order valence-corrected chi connectivity index (χ2v) is 16.0. The fourth-order valence-corrected chi connectivity index (χ4v) is 6.41. The quantitative estimate of drug-likeness (QED) is 0.209. The van der Waals surface area contributed by atoms with Crippen LogP contribution in [-0.4, -0.2) is 3.21 Å². The Balaban J connectivity index is 0.000000262. The maximum absolute atomic E-state index is 3.67. The number of hydrogen-bond donors (Lipinski definition) is 0. The SMILES string of the molecule is CC(C)(C)c1[c-]c2c(cc1)-c1ccc(C(C)(C)C)cc1C2.Cc1cc(C)c(C)[cH-]1.Cc1ccc([C](=[Zr+2])c2ccc(C)cc2)cc1.[Cl-].[Cl-]. The molecule has 0 aromatic heterocycles. The standard InChI is InChI=1S/C21H25.C15H14.C8H11.2ClH.Zr/c1-20(2,3)16-7-9-18-14(12-16)11-15-13-17(21(4,5)6)8-10-19(15)18;1-12-3-7-14(8-4-12)11-15-9-5-13(2)6-10-15;1-6-4-7(2)8(3)5-6;;;/h7-10,12H,11H2,1-6H3;3-10H,1-2H3;4-5H,1-3H3;2*1H;/q-1;;-1;;;+2/p-2. The van der Waals surface area contributed by atoms with Crippen LogP contribution >= 0.6 is 0 Å². The molecule has 0 saturated heterocycles. The fourth-order valence-electron chi connectivity index (χ4n) is 5.59. The van der Waals surface area contributed by atoms with Gasteiger partial charge >= 0.3 is 112 Å². The van der Waals surface area contributed by atoms with E-state index in [1.165, 1.54) is 99.8 Å². The van der Waals surface area contributed by atoms with Gasteiger partial charge in [0.25, 0.3) is 0 Å². The zero-order chi connectivity index (χ0) is 33.1. The summed E-state index contributed by atoms with van der Waals surface area (Å²) in [6, 6.07) is 37.1. The summed E-state index contributed by atoms with van der Waals surface area (Å²) in [6.07, 6.45) is 1.03. The van der Waals surface area contributed by atoms with E-state index in [2.05, 4.69) is 173 Å². The van der Waals surface area contributed by atoms with E-state index in [9.17, 15) is 0 Å². The summed E-state index contributed by atoms with van der Waals surface area (Å²) < 4.78 is 1.42. The van der Waals surface area contributed by atoms with Gasteiger partial charge in [-0.05, 0) is 28.4 Å². The van der Waals surface area contributed by atoms with Crippen molar-refractivity contribution in [1.82, 2.24) is 0 Å². The second-order valence-electron chi connectivity index (χ2n) is 14.8. The molecule has 0 atom stereocenters. The van der Waals surface area contributed by atoms with Crippen LogP contribution in [0.25, 0.3) is 11.1 Å². The largest absolute Gasteiger partial charge is 1.00 e. The van der Waals surface area contributed by atoms with Crippen LogP contribution in [0.15, 0.2) is 91.0 Å². The number of benzene rings is 4. The number of halogens is 2. The summed E-state index contributed by atoms with van der Waals surface area (Å²) in [5.74, 6) is 0. The number of rotatable bonds is 2. The Morgan fingerprint density at radius 3 is 1.55 bits per heavy atom. The molecule has 0 bridgehead atoms. The molecule has 0 N–H and O–H groups in total. The molecule has 0 aliphatic heterocycles. The van der Waals surface area contributed by atoms with Gasteiger partial charge in [-0.3, -0.25) is 0 Å². The van der Waals surface area contributed by atoms with Gasteiger partial charge < -0.3 is 24.8 Å². The Kier molecular flexibility index (Phi) is 14.6. The van der Waals surface area contributed by atoms with Gasteiger partial charge in [0.05, 0.1) is 0 Å². The fraction of sp³-hybridized carbons (Fsp3) is 0.318. The Morgan fingerprint density at radius 1 is 0.638 bits per heavy atom. The molecule has 0 saturated carbocycles. The van der Waals surface area contributed by atoms with Crippen LogP contribution in [0, 0.1) is 40.7 Å². The van der Waals surface area contributed by atoms with E-state index in [4.69, 9.17) is 0 Å². The van der Waals surface area contributed by atoms with Crippen molar-refractivity contribution >= 4 is 3.21 Å². The van der Waals surface area contributed by atoms with Gasteiger partial charge in [-0.2, -0.15) is 46.5 Å². The third-order valence-corrected chi connectivity index (χ3v) is 10.1. The molecule has 0 heterocycles. The van der Waals surface area contributed by atoms with Crippen LogP contribution in [0.5, 0.6) is 0 Å². The Bertz CT molecular complexity index is 1640. The Morgan fingerprint density at radius 2 is 1.15 bits per heavy atom. The van der Waals surface area contributed by atoms with Crippen molar-refractivity contribution in [2.24, 2.45) is 0 Å². The minimum absolute atomic E-state index is 0. The molecule has 0 radical (unpaired) electrons. The van der Waals surface area contributed by atoms with Crippen LogP contribution in [0.3, 0.4) is 0 Å². The molecule has 246 valence electrons. The van der Waals surface area contributed by atoms with Crippen molar-refractivity contribution in [3.63, 3.8) is 0 Å². The first-order valence-corrected chi connectivity index (χ1v) is 17.4. The molecule has 1 aliphatic carbocycles. The summed E-state index contributed by atoms with van der Waals surface area (Å²) in [7, 11) is 0. The smallest absolute Gasteiger partial charge is 1.00 e. The third kappa shape index (κ3) is 10.8. The summed E-state index contributed by atoms with van der Waals surface area (Å²) in [5.41, 5.74) is 18.2. The first-order valence-electron chi connectivity index (χ1n) is 16.2. The summed E-state index contributed by atoms with van der Waals surface area (Å²) in [5, 5.41) is 0. The van der Waals surface area contributed by atoms with Gasteiger partial charge in [0.2, 0.25) is 0 Å². The second kappa shape index (κ2) is 16.8. The van der Waals surface area contributed by atoms with Gasteiger partial charge in [0.1, 0.15) is 0 Å². The molecular formula is C44H50Cl2Zr-2. The van der Waals surface area contributed by atoms with Gasteiger partial charge in [-0.15, -0.1) is 11.1 Å². The molecule has 3 heteroatoms. The summed E-state index contributed by atoms with van der Waals surface area (Å²) >= 11 is 1.46. The van der Waals surface area contributed by atoms with E-state index in [0.717, 1.165) is 6.42 Å². The average molecular weight is 741 g/mol. The average Bonchev–Trinajstić information content (AvgIpc) is 3.49. The number of hydrogen-bond acceptors (Lipinski definition) is 0. The normalized spacial score (nSPS) is 11.4. The van der Waals surface area contributed by atoms with Gasteiger partial charge in [-0.25, -0.2) is 6.07 Å². The minimum Gasteiger partial charge on any atom is -1.00 e. The molecule has 0 fully saturated rings. The van der Waals surface area contributed by atoms with Crippen LogP contribution < -0.4 is 24.8 Å². The number of fused-ring (bicyclic) bond motifs is 3. The van der Waals surface area contributed by atoms with Crippen molar-refractivity contribution < 1.29 is 49.0 Å². The Labute approximate surface area is 313 Å². The van der Waals surface area contributed by atoms with E-state index in [1.807, 2.05) is 0 Å². The molecule has 5 aromatic carbocycles. The molecule has 6 rings (SSSR count). The number of aryl methyl sites for hydroxylation is 5. The first kappa shape index (κ1) is 40.7. The molecule has 0 spiro atoms. The van der Waals surface area contributed by atoms with Gasteiger partial charge in [0, 0.05) is 0 Å².